The van der Waals surface area contributed by atoms with E-state index in [1.165, 1.54) is 0 Å². The number of halogens is 1. The maximum Gasteiger partial charge on any atom is 0.243 e. The second kappa shape index (κ2) is 7.50. The smallest absolute Gasteiger partial charge is 0.243 e. The molecule has 0 aromatic rings. The van der Waals surface area contributed by atoms with Gasteiger partial charge in [0.15, 0.2) is 0 Å². The Morgan fingerprint density at radius 3 is 2.29 bits per heavy atom. The fourth-order valence-electron chi connectivity index (χ4n) is 2.16. The van der Waals surface area contributed by atoms with Gasteiger partial charge in [-0.05, 0) is 19.9 Å². The van der Waals surface area contributed by atoms with Crippen molar-refractivity contribution in [1.82, 2.24) is 10.6 Å². The first-order valence-electron chi connectivity index (χ1n) is 5.86. The van der Waals surface area contributed by atoms with Gasteiger partial charge in [0.25, 0.3) is 0 Å². The monoisotopic (exact) mass is 263 g/mol. The topological polar surface area (TPSA) is 84.2 Å². The van der Waals surface area contributed by atoms with Gasteiger partial charge >= 0.3 is 0 Å². The molecular weight excluding hydrogens is 242 g/mol. The molecule has 0 bridgehead atoms. The van der Waals surface area contributed by atoms with Crippen LogP contribution in [0.3, 0.4) is 0 Å². The van der Waals surface area contributed by atoms with Gasteiger partial charge in [0.2, 0.25) is 11.8 Å². The van der Waals surface area contributed by atoms with Crippen molar-refractivity contribution in [2.75, 3.05) is 13.6 Å². The average molecular weight is 264 g/mol. The molecule has 100 valence electrons. The van der Waals surface area contributed by atoms with Gasteiger partial charge in [-0.1, -0.05) is 19.3 Å². The molecule has 0 saturated heterocycles. The molecule has 1 fully saturated rings. The van der Waals surface area contributed by atoms with Gasteiger partial charge in [-0.3, -0.25) is 9.59 Å². The summed E-state index contributed by atoms with van der Waals surface area (Å²) in [6.07, 6.45) is 4.75. The van der Waals surface area contributed by atoms with E-state index in [-0.39, 0.29) is 18.3 Å². The van der Waals surface area contributed by atoms with Gasteiger partial charge in [-0.2, -0.15) is 0 Å². The van der Waals surface area contributed by atoms with E-state index >= 15 is 0 Å². The van der Waals surface area contributed by atoms with Crippen LogP contribution in [-0.2, 0) is 9.59 Å². The van der Waals surface area contributed by atoms with Crippen LogP contribution in [0.4, 0.5) is 0 Å². The second-order valence-electron chi connectivity index (χ2n) is 4.41. The van der Waals surface area contributed by atoms with Gasteiger partial charge in [-0.25, -0.2) is 0 Å². The summed E-state index contributed by atoms with van der Waals surface area (Å²) in [4.78, 5) is 23.1. The van der Waals surface area contributed by atoms with Crippen molar-refractivity contribution in [3.63, 3.8) is 0 Å². The van der Waals surface area contributed by atoms with Crippen LogP contribution >= 0.6 is 12.4 Å². The predicted octanol–water partition coefficient (Wildman–Crippen LogP) is 0.322. The largest absolute Gasteiger partial charge is 0.368 e. The van der Waals surface area contributed by atoms with Crippen LogP contribution in [0.1, 0.15) is 38.5 Å². The molecule has 6 heteroatoms. The maximum absolute atomic E-state index is 11.6. The van der Waals surface area contributed by atoms with Gasteiger partial charge in [0, 0.05) is 13.0 Å². The summed E-state index contributed by atoms with van der Waals surface area (Å²) in [5.74, 6) is -0.500. The van der Waals surface area contributed by atoms with E-state index in [1.54, 1.807) is 7.05 Å². The Kier molecular flexibility index (Phi) is 7.15. The summed E-state index contributed by atoms with van der Waals surface area (Å²) in [7, 11) is 1.79. The van der Waals surface area contributed by atoms with Gasteiger partial charge < -0.3 is 16.4 Å². The zero-order valence-electron chi connectivity index (χ0n) is 10.3. The molecule has 0 aliphatic heterocycles. The lowest BCUT2D eigenvalue weighted by atomic mass is 9.81. The summed E-state index contributed by atoms with van der Waals surface area (Å²) < 4.78 is 0. The Labute approximate surface area is 108 Å². The van der Waals surface area contributed by atoms with Crippen LogP contribution in [0.2, 0.25) is 0 Å². The van der Waals surface area contributed by atoms with E-state index in [9.17, 15) is 9.59 Å². The minimum atomic E-state index is -0.789. The Morgan fingerprint density at radius 1 is 1.24 bits per heavy atom. The zero-order valence-corrected chi connectivity index (χ0v) is 11.1. The van der Waals surface area contributed by atoms with Crippen LogP contribution in [0.5, 0.6) is 0 Å². The lowest BCUT2D eigenvalue weighted by Gasteiger charge is -2.35. The van der Waals surface area contributed by atoms with Crippen molar-refractivity contribution in [2.24, 2.45) is 5.73 Å². The molecule has 1 aliphatic carbocycles. The number of rotatable bonds is 5. The van der Waals surface area contributed by atoms with Gasteiger partial charge in [0.05, 0.1) is 0 Å². The highest BCUT2D eigenvalue weighted by molar-refractivity contribution is 5.90. The van der Waals surface area contributed by atoms with Gasteiger partial charge in [-0.15, -0.1) is 12.4 Å². The molecule has 2 amide bonds. The Balaban J connectivity index is 0.00000256. The van der Waals surface area contributed by atoms with E-state index < -0.39 is 11.4 Å². The molecule has 1 rings (SSSR count). The lowest BCUT2D eigenvalue weighted by Crippen LogP contribution is -2.58. The molecule has 1 aliphatic rings. The third-order valence-corrected chi connectivity index (χ3v) is 3.16. The summed E-state index contributed by atoms with van der Waals surface area (Å²) in [5, 5.41) is 5.71. The number of carbonyl (C=O) groups is 2. The first-order chi connectivity index (χ1) is 7.60. The normalized spacial score (nSPS) is 17.9. The molecule has 0 unspecified atom stereocenters. The average Bonchev–Trinajstić information content (AvgIpc) is 2.27. The van der Waals surface area contributed by atoms with E-state index in [1.807, 2.05) is 0 Å². The first kappa shape index (κ1) is 16.2. The van der Waals surface area contributed by atoms with Crippen LogP contribution in [0.15, 0.2) is 0 Å². The number of hydrogen-bond donors (Lipinski definition) is 3. The third-order valence-electron chi connectivity index (χ3n) is 3.16. The second-order valence-corrected chi connectivity index (χ2v) is 4.41. The highest BCUT2D eigenvalue weighted by Crippen LogP contribution is 2.27. The van der Waals surface area contributed by atoms with E-state index in [4.69, 9.17) is 5.73 Å². The van der Waals surface area contributed by atoms with Crippen LogP contribution < -0.4 is 16.4 Å². The molecule has 4 N–H and O–H groups in total. The molecular formula is C11H22ClN3O2. The Bertz CT molecular complexity index is 265. The van der Waals surface area contributed by atoms with Crippen LogP contribution in [0, 0.1) is 0 Å². The van der Waals surface area contributed by atoms with Crippen molar-refractivity contribution >= 4 is 24.2 Å². The first-order valence-corrected chi connectivity index (χ1v) is 5.86. The number of amides is 2. The molecule has 0 spiro atoms. The summed E-state index contributed by atoms with van der Waals surface area (Å²) in [6.45, 7) is 0.612. The fourth-order valence-corrected chi connectivity index (χ4v) is 2.16. The maximum atomic E-state index is 11.6. The number of nitrogens with one attached hydrogen (secondary N) is 2. The van der Waals surface area contributed by atoms with Crippen molar-refractivity contribution in [3.8, 4) is 0 Å². The highest BCUT2D eigenvalue weighted by atomic mass is 35.5. The van der Waals surface area contributed by atoms with Crippen molar-refractivity contribution < 1.29 is 9.59 Å². The number of primary amides is 1. The lowest BCUT2D eigenvalue weighted by molar-refractivity contribution is -0.132. The minimum Gasteiger partial charge on any atom is -0.368 e. The highest BCUT2D eigenvalue weighted by Gasteiger charge is 2.38. The van der Waals surface area contributed by atoms with Crippen molar-refractivity contribution in [3.05, 3.63) is 0 Å². The number of hydrogen-bond acceptors (Lipinski definition) is 3. The quantitative estimate of drug-likeness (QED) is 0.668. The number of carbonyl (C=O) groups excluding carboxylic acids is 2. The SMILES string of the molecule is CNCCC(=O)NC1(C(N)=O)CCCCC1.Cl. The molecule has 17 heavy (non-hydrogen) atoms. The fraction of sp³-hybridized carbons (Fsp3) is 0.818. The summed E-state index contributed by atoms with van der Waals surface area (Å²) >= 11 is 0. The third kappa shape index (κ3) is 4.52. The molecule has 5 nitrogen and oxygen atoms in total. The Hall–Kier alpha value is -0.810. The van der Waals surface area contributed by atoms with Gasteiger partial charge in [0.1, 0.15) is 5.54 Å². The zero-order chi connectivity index (χ0) is 12.0. The standard InChI is InChI=1S/C11H21N3O2.ClH/c1-13-8-5-9(15)14-11(10(12)16)6-3-2-4-7-11;/h13H,2-8H2,1H3,(H2,12,16)(H,14,15);1H. The Morgan fingerprint density at radius 2 is 1.82 bits per heavy atom. The van der Waals surface area contributed by atoms with E-state index in [2.05, 4.69) is 10.6 Å². The molecule has 0 heterocycles. The number of nitrogens with two attached hydrogens (primary N) is 1. The molecule has 0 aromatic heterocycles. The van der Waals surface area contributed by atoms with Crippen LogP contribution in [-0.4, -0.2) is 30.9 Å². The summed E-state index contributed by atoms with van der Waals surface area (Å²) in [5.41, 5.74) is 4.62. The van der Waals surface area contributed by atoms with Crippen LogP contribution in [0.25, 0.3) is 0 Å². The van der Waals surface area contributed by atoms with Crippen molar-refractivity contribution in [1.29, 1.82) is 0 Å². The minimum absolute atomic E-state index is 0. The molecule has 0 radical (unpaired) electrons. The predicted molar refractivity (Wildman–Crippen MR) is 68.9 cm³/mol. The molecule has 0 aromatic carbocycles. The molecule has 0 atom stereocenters. The molecule has 1 saturated carbocycles. The summed E-state index contributed by atoms with van der Waals surface area (Å²) in [6, 6.07) is 0. The van der Waals surface area contributed by atoms with E-state index in [0.717, 1.165) is 19.3 Å². The van der Waals surface area contributed by atoms with E-state index in [0.29, 0.717) is 25.8 Å². The van der Waals surface area contributed by atoms with Crippen molar-refractivity contribution in [2.45, 2.75) is 44.1 Å².